The molecule has 1 atom stereocenters. The lowest BCUT2D eigenvalue weighted by atomic mass is 10.1. The predicted molar refractivity (Wildman–Crippen MR) is 123 cm³/mol. The van der Waals surface area contributed by atoms with E-state index in [0.29, 0.717) is 37.4 Å². The van der Waals surface area contributed by atoms with Gasteiger partial charge in [-0.15, -0.1) is 0 Å². The number of aromatic nitrogens is 1. The Hall–Kier alpha value is -3.38. The second-order valence-corrected chi connectivity index (χ2v) is 10.7. The van der Waals surface area contributed by atoms with E-state index < -0.39 is 47.7 Å². The molecule has 194 valence electrons. The van der Waals surface area contributed by atoms with Crippen molar-refractivity contribution < 1.29 is 36.3 Å². The molecule has 2 aliphatic rings. The molecule has 14 heteroatoms. The molecular weight excluding hydrogens is 519 g/mol. The highest BCUT2D eigenvalue weighted by Gasteiger charge is 2.55. The minimum absolute atomic E-state index is 0.106. The Morgan fingerprint density at radius 1 is 1.00 bits per heavy atom. The molecule has 2 aromatic carbocycles. The second-order valence-electron chi connectivity index (χ2n) is 8.40. The number of alkyl halides is 3. The zero-order valence-corrected chi connectivity index (χ0v) is 19.9. The van der Waals surface area contributed by atoms with Crippen molar-refractivity contribution in [2.24, 2.45) is 0 Å². The number of rotatable bonds is 9. The van der Waals surface area contributed by atoms with Crippen molar-refractivity contribution in [2.75, 3.05) is 26.2 Å². The van der Waals surface area contributed by atoms with Crippen LogP contribution in [0.4, 0.5) is 23.2 Å². The van der Waals surface area contributed by atoms with E-state index in [9.17, 15) is 32.2 Å². The van der Waals surface area contributed by atoms with Gasteiger partial charge in [-0.3, -0.25) is 24.2 Å². The Balaban J connectivity index is 1.44. The molecular formula is C23H19F4N4O5P. The van der Waals surface area contributed by atoms with Gasteiger partial charge in [0.25, 0.3) is 0 Å². The minimum atomic E-state index is -4.95. The lowest BCUT2D eigenvalue weighted by Gasteiger charge is -2.28. The number of nitro groups is 1. The molecule has 0 spiro atoms. The summed E-state index contributed by atoms with van der Waals surface area (Å²) >= 11 is 0. The number of halogens is 4. The van der Waals surface area contributed by atoms with Crippen molar-refractivity contribution in [1.29, 1.82) is 0 Å². The van der Waals surface area contributed by atoms with Crippen molar-refractivity contribution in [2.45, 2.75) is 12.3 Å². The van der Waals surface area contributed by atoms with Crippen LogP contribution in [0.3, 0.4) is 0 Å². The van der Waals surface area contributed by atoms with Gasteiger partial charge in [0.15, 0.2) is 6.10 Å². The molecule has 0 N–H and O–H groups in total. The number of benzene rings is 2. The Morgan fingerprint density at radius 3 is 2.16 bits per heavy atom. The summed E-state index contributed by atoms with van der Waals surface area (Å²) in [6.07, 6.45) is -6.49. The van der Waals surface area contributed by atoms with Crippen LogP contribution in [0.5, 0.6) is 11.5 Å². The molecule has 3 aromatic rings. The zero-order valence-electron chi connectivity index (χ0n) is 19.0. The maximum Gasteiger partial charge on any atom is 0.419 e. The SMILES string of the molecule is O=[N+]([O-])c1ccc(C(OP(=O)(N2CC2)N2CC2)C(F)(F)F)cc1Oc1ccc(-c2ccc(F)cn2)cc1. The maximum absolute atomic E-state index is 14.1. The monoisotopic (exact) mass is 538 g/mol. The summed E-state index contributed by atoms with van der Waals surface area (Å²) in [6, 6.07) is 11.4. The average Bonchev–Trinajstić information content (AvgIpc) is 3.75. The van der Waals surface area contributed by atoms with Gasteiger partial charge in [0, 0.05) is 37.8 Å². The third-order valence-electron chi connectivity index (χ3n) is 5.69. The minimum Gasteiger partial charge on any atom is -0.450 e. The fraction of sp³-hybridized carbons (Fsp3) is 0.261. The molecule has 37 heavy (non-hydrogen) atoms. The predicted octanol–water partition coefficient (Wildman–Crippen LogP) is 5.95. The smallest absolute Gasteiger partial charge is 0.419 e. The number of hydrogen-bond donors (Lipinski definition) is 0. The van der Waals surface area contributed by atoms with Gasteiger partial charge in [-0.25, -0.2) is 13.7 Å². The standard InChI is InChI=1S/C23H19F4N4O5P/c24-17-4-7-19(28-14-17)15-1-5-18(6-2-15)35-21-13-16(3-8-20(21)31(32)33)22(23(25,26)27)36-37(34,29-9-10-29)30-11-12-30/h1-8,13-14,22H,9-12H2. The number of ether oxygens (including phenoxy) is 1. The summed E-state index contributed by atoms with van der Waals surface area (Å²) < 4.78 is 82.1. The molecule has 0 amide bonds. The molecule has 9 nitrogen and oxygen atoms in total. The van der Waals surface area contributed by atoms with Crippen molar-refractivity contribution in [1.82, 2.24) is 14.3 Å². The van der Waals surface area contributed by atoms with Crippen LogP contribution in [0.25, 0.3) is 11.3 Å². The maximum atomic E-state index is 14.1. The fourth-order valence-corrected chi connectivity index (χ4v) is 5.98. The normalized spacial score (nSPS) is 16.9. The summed E-state index contributed by atoms with van der Waals surface area (Å²) in [5.74, 6) is -0.840. The lowest BCUT2D eigenvalue weighted by Crippen LogP contribution is -2.25. The number of nitrogens with zero attached hydrogens (tertiary/aromatic N) is 4. The van der Waals surface area contributed by atoms with Gasteiger partial charge < -0.3 is 4.74 Å². The molecule has 2 fully saturated rings. The van der Waals surface area contributed by atoms with E-state index in [1.165, 1.54) is 33.6 Å². The Labute approximate surface area is 207 Å². The van der Waals surface area contributed by atoms with E-state index in [-0.39, 0.29) is 5.75 Å². The Bertz CT molecular complexity index is 1350. The topological polar surface area (TPSA) is 97.6 Å². The number of hydrogen-bond acceptors (Lipinski definition) is 6. The van der Waals surface area contributed by atoms with Crippen LogP contribution in [0, 0.1) is 15.9 Å². The Kier molecular flexibility index (Phi) is 6.48. The van der Waals surface area contributed by atoms with Gasteiger partial charge in [0.2, 0.25) is 5.75 Å². The van der Waals surface area contributed by atoms with Crippen LogP contribution in [0.15, 0.2) is 60.8 Å². The Morgan fingerprint density at radius 2 is 1.65 bits per heavy atom. The van der Waals surface area contributed by atoms with Gasteiger partial charge in [-0.1, -0.05) is 0 Å². The zero-order chi connectivity index (χ0) is 26.4. The number of nitro benzene ring substituents is 1. The van der Waals surface area contributed by atoms with E-state index in [4.69, 9.17) is 9.26 Å². The van der Waals surface area contributed by atoms with Crippen LogP contribution in [0.2, 0.25) is 0 Å². The summed E-state index contributed by atoms with van der Waals surface area (Å²) in [4.78, 5) is 14.7. The molecule has 1 aromatic heterocycles. The second kappa shape index (κ2) is 9.49. The molecule has 0 saturated carbocycles. The van der Waals surface area contributed by atoms with Crippen molar-refractivity contribution in [3.8, 4) is 22.8 Å². The molecule has 0 radical (unpaired) electrons. The third kappa shape index (κ3) is 5.49. The highest BCUT2D eigenvalue weighted by molar-refractivity contribution is 7.54. The van der Waals surface area contributed by atoms with E-state index in [0.717, 1.165) is 24.4 Å². The van der Waals surface area contributed by atoms with Crippen LogP contribution in [0.1, 0.15) is 11.7 Å². The first-order valence-corrected chi connectivity index (χ1v) is 12.6. The summed E-state index contributed by atoms with van der Waals surface area (Å²) in [5, 5.41) is 11.6. The van der Waals surface area contributed by atoms with Gasteiger partial charge in [-0.05, 0) is 54.1 Å². The van der Waals surface area contributed by atoms with Gasteiger partial charge in [0.1, 0.15) is 11.6 Å². The van der Waals surface area contributed by atoms with E-state index in [1.54, 1.807) is 12.1 Å². The van der Waals surface area contributed by atoms with Crippen LogP contribution in [-0.4, -0.2) is 51.6 Å². The first-order valence-electron chi connectivity index (χ1n) is 11.1. The lowest BCUT2D eigenvalue weighted by molar-refractivity contribution is -0.385. The molecule has 3 heterocycles. The first-order chi connectivity index (χ1) is 17.5. The summed E-state index contributed by atoms with van der Waals surface area (Å²) in [7, 11) is -3.87. The largest absolute Gasteiger partial charge is 0.450 e. The third-order valence-corrected chi connectivity index (χ3v) is 8.41. The van der Waals surface area contributed by atoms with E-state index in [1.807, 2.05) is 0 Å². The average molecular weight is 538 g/mol. The van der Waals surface area contributed by atoms with Gasteiger partial charge >= 0.3 is 19.5 Å². The van der Waals surface area contributed by atoms with Crippen LogP contribution >= 0.6 is 7.67 Å². The van der Waals surface area contributed by atoms with Crippen LogP contribution in [-0.2, 0) is 9.09 Å². The van der Waals surface area contributed by atoms with Crippen molar-refractivity contribution in [3.63, 3.8) is 0 Å². The molecule has 0 aliphatic carbocycles. The highest BCUT2D eigenvalue weighted by Crippen LogP contribution is 2.64. The molecule has 0 bridgehead atoms. The summed E-state index contributed by atoms with van der Waals surface area (Å²) in [6.45, 7) is 1.43. The number of pyridine rings is 1. The first kappa shape index (κ1) is 25.3. The van der Waals surface area contributed by atoms with Crippen LogP contribution < -0.4 is 4.74 Å². The molecule has 2 saturated heterocycles. The van der Waals surface area contributed by atoms with Gasteiger partial charge in [0.05, 0.1) is 16.8 Å². The van der Waals surface area contributed by atoms with Crippen molar-refractivity contribution in [3.05, 3.63) is 82.3 Å². The fourth-order valence-electron chi connectivity index (χ4n) is 3.65. The van der Waals surface area contributed by atoms with Crippen molar-refractivity contribution >= 4 is 13.4 Å². The summed E-state index contributed by atoms with van der Waals surface area (Å²) in [5.41, 5.74) is 0.0218. The molecule has 2 aliphatic heterocycles. The van der Waals surface area contributed by atoms with E-state index >= 15 is 0 Å². The quantitative estimate of drug-likeness (QED) is 0.108. The van der Waals surface area contributed by atoms with E-state index in [2.05, 4.69) is 4.98 Å². The highest BCUT2D eigenvalue weighted by atomic mass is 31.2. The molecule has 1 unspecified atom stereocenters. The molecule has 5 rings (SSSR count). The van der Waals surface area contributed by atoms with Gasteiger partial charge in [-0.2, -0.15) is 13.2 Å².